The maximum absolute atomic E-state index is 12.7. The summed E-state index contributed by atoms with van der Waals surface area (Å²) < 4.78 is 7.97. The topological polar surface area (TPSA) is 85.6 Å². The first kappa shape index (κ1) is 20.7. The zero-order chi connectivity index (χ0) is 21.0. The van der Waals surface area contributed by atoms with Crippen molar-refractivity contribution in [3.63, 3.8) is 0 Å². The molecule has 1 aromatic carbocycles. The van der Waals surface area contributed by atoms with E-state index in [1.165, 1.54) is 17.7 Å². The number of hydrogen-bond donors (Lipinski definition) is 1. The van der Waals surface area contributed by atoms with Crippen molar-refractivity contribution < 1.29 is 9.53 Å². The molecule has 1 aliphatic rings. The van der Waals surface area contributed by atoms with Crippen molar-refractivity contribution in [2.45, 2.75) is 26.3 Å². The largest absolute Gasteiger partial charge is 0.494 e. The monoisotopic (exact) mass is 400 g/mol. The van der Waals surface area contributed by atoms with E-state index in [0.717, 1.165) is 28.7 Å². The number of rotatable bonds is 6. The predicted octanol–water partition coefficient (Wildman–Crippen LogP) is 1.02. The van der Waals surface area contributed by atoms with Crippen LogP contribution in [0.4, 0.5) is 5.82 Å². The lowest BCUT2D eigenvalue weighted by molar-refractivity contribution is -0.125. The summed E-state index contributed by atoms with van der Waals surface area (Å²) >= 11 is 0. The molecule has 1 atom stereocenters. The average molecular weight is 400 g/mol. The molecule has 1 aliphatic heterocycles. The van der Waals surface area contributed by atoms with Crippen LogP contribution in [0.25, 0.3) is 0 Å². The third-order valence-electron chi connectivity index (χ3n) is 5.32. The second kappa shape index (κ2) is 8.98. The fourth-order valence-corrected chi connectivity index (χ4v) is 3.63. The Morgan fingerprint density at radius 2 is 1.90 bits per heavy atom. The maximum atomic E-state index is 12.7. The van der Waals surface area contributed by atoms with Crippen LogP contribution < -0.4 is 26.2 Å². The van der Waals surface area contributed by atoms with Crippen LogP contribution >= 0.6 is 0 Å². The summed E-state index contributed by atoms with van der Waals surface area (Å²) in [5.74, 6) is 1.16. The molecule has 0 saturated carbocycles. The van der Waals surface area contributed by atoms with Crippen LogP contribution in [-0.4, -0.2) is 34.7 Å². The number of anilines is 1. The first-order valence-electron chi connectivity index (χ1n) is 9.92. The van der Waals surface area contributed by atoms with Gasteiger partial charge in [-0.1, -0.05) is 12.1 Å². The van der Waals surface area contributed by atoms with Gasteiger partial charge in [0.05, 0.1) is 12.5 Å². The van der Waals surface area contributed by atoms with E-state index in [0.29, 0.717) is 32.1 Å². The van der Waals surface area contributed by atoms with Crippen molar-refractivity contribution in [1.82, 2.24) is 14.5 Å². The first-order chi connectivity index (χ1) is 13.9. The molecule has 0 aliphatic carbocycles. The fraction of sp³-hybridized carbons (Fsp3) is 0.476. The number of nitrogens with one attached hydrogen (secondary N) is 1. The third kappa shape index (κ3) is 4.70. The standard InChI is InChI=1S/C21H28N4O4/c1-4-29-17-9-7-15(8-10-17)13-22-20(27)16-6-5-11-25(14-16)18-12-19(26)24(3)21(28)23(18)2/h7-10,12,16H,4-6,11,13-14H2,1-3H3,(H,22,27)/t16-/m1/s1. The molecule has 29 heavy (non-hydrogen) atoms. The second-order valence-electron chi connectivity index (χ2n) is 7.32. The smallest absolute Gasteiger partial charge is 0.332 e. The molecule has 2 aromatic rings. The van der Waals surface area contributed by atoms with E-state index in [4.69, 9.17) is 4.74 Å². The number of ether oxygens (including phenoxy) is 1. The van der Waals surface area contributed by atoms with Crippen LogP contribution in [-0.2, 0) is 25.4 Å². The number of hydrogen-bond acceptors (Lipinski definition) is 5. The minimum Gasteiger partial charge on any atom is -0.494 e. The molecule has 8 heteroatoms. The molecule has 1 N–H and O–H groups in total. The van der Waals surface area contributed by atoms with Crippen LogP contribution in [0.15, 0.2) is 39.9 Å². The minimum absolute atomic E-state index is 0.0163. The van der Waals surface area contributed by atoms with Gasteiger partial charge in [0, 0.05) is 39.8 Å². The van der Waals surface area contributed by atoms with E-state index in [1.807, 2.05) is 36.1 Å². The zero-order valence-electron chi connectivity index (χ0n) is 17.2. The van der Waals surface area contributed by atoms with E-state index < -0.39 is 0 Å². The lowest BCUT2D eigenvalue weighted by atomic mass is 9.97. The molecule has 0 unspecified atom stereocenters. The molecule has 0 radical (unpaired) electrons. The summed E-state index contributed by atoms with van der Waals surface area (Å²) in [5, 5.41) is 3.00. The van der Waals surface area contributed by atoms with Crippen molar-refractivity contribution in [2.75, 3.05) is 24.6 Å². The number of benzene rings is 1. The number of aromatic nitrogens is 2. The Balaban J connectivity index is 1.64. The minimum atomic E-state index is -0.366. The highest BCUT2D eigenvalue weighted by Gasteiger charge is 2.27. The lowest BCUT2D eigenvalue weighted by Crippen LogP contribution is -2.46. The molecular formula is C21H28N4O4. The summed E-state index contributed by atoms with van der Waals surface area (Å²) in [6.07, 6.45) is 1.61. The Labute approximate surface area is 169 Å². The Kier molecular flexibility index (Phi) is 6.41. The van der Waals surface area contributed by atoms with E-state index in [-0.39, 0.29) is 23.1 Å². The van der Waals surface area contributed by atoms with Gasteiger partial charge < -0.3 is 15.0 Å². The molecule has 1 aromatic heterocycles. The van der Waals surface area contributed by atoms with Gasteiger partial charge in [0.2, 0.25) is 5.91 Å². The highest BCUT2D eigenvalue weighted by molar-refractivity contribution is 5.79. The highest BCUT2D eigenvalue weighted by Crippen LogP contribution is 2.21. The van der Waals surface area contributed by atoms with E-state index in [2.05, 4.69) is 5.32 Å². The number of carbonyl (C=O) groups is 1. The van der Waals surface area contributed by atoms with E-state index in [1.54, 1.807) is 7.05 Å². The molecule has 0 bridgehead atoms. The molecule has 1 amide bonds. The molecule has 8 nitrogen and oxygen atoms in total. The molecule has 156 valence electrons. The van der Waals surface area contributed by atoms with Crippen molar-refractivity contribution >= 4 is 11.7 Å². The van der Waals surface area contributed by atoms with E-state index >= 15 is 0 Å². The summed E-state index contributed by atoms with van der Waals surface area (Å²) in [4.78, 5) is 38.9. The summed E-state index contributed by atoms with van der Waals surface area (Å²) in [5.41, 5.74) is 0.295. The zero-order valence-corrected chi connectivity index (χ0v) is 17.2. The van der Waals surface area contributed by atoms with Gasteiger partial charge in [0.25, 0.3) is 5.56 Å². The van der Waals surface area contributed by atoms with Gasteiger partial charge in [0.1, 0.15) is 11.6 Å². The van der Waals surface area contributed by atoms with E-state index in [9.17, 15) is 14.4 Å². The lowest BCUT2D eigenvalue weighted by Gasteiger charge is -2.34. The van der Waals surface area contributed by atoms with Gasteiger partial charge in [-0.25, -0.2) is 4.79 Å². The van der Waals surface area contributed by atoms with Crippen LogP contribution in [0.3, 0.4) is 0 Å². The summed E-state index contributed by atoms with van der Waals surface area (Å²) in [6, 6.07) is 9.12. The summed E-state index contributed by atoms with van der Waals surface area (Å²) in [7, 11) is 3.11. The average Bonchev–Trinajstić information content (AvgIpc) is 2.74. The number of nitrogens with zero attached hydrogens (tertiary/aromatic N) is 3. The quantitative estimate of drug-likeness (QED) is 0.782. The van der Waals surface area contributed by atoms with Crippen LogP contribution in [0.2, 0.25) is 0 Å². The third-order valence-corrected chi connectivity index (χ3v) is 5.32. The van der Waals surface area contributed by atoms with Gasteiger partial charge >= 0.3 is 5.69 Å². The van der Waals surface area contributed by atoms with Crippen molar-refractivity contribution in [3.05, 3.63) is 56.7 Å². The predicted molar refractivity (Wildman–Crippen MR) is 111 cm³/mol. The van der Waals surface area contributed by atoms with Crippen molar-refractivity contribution in [1.29, 1.82) is 0 Å². The Bertz CT molecular complexity index is 978. The van der Waals surface area contributed by atoms with Gasteiger partial charge in [-0.15, -0.1) is 0 Å². The Morgan fingerprint density at radius 3 is 2.59 bits per heavy atom. The van der Waals surface area contributed by atoms with Crippen molar-refractivity contribution in [2.24, 2.45) is 20.0 Å². The van der Waals surface area contributed by atoms with Crippen LogP contribution in [0, 0.1) is 5.92 Å². The van der Waals surface area contributed by atoms with Gasteiger partial charge in [-0.3, -0.25) is 18.7 Å². The highest BCUT2D eigenvalue weighted by atomic mass is 16.5. The van der Waals surface area contributed by atoms with Crippen molar-refractivity contribution in [3.8, 4) is 5.75 Å². The van der Waals surface area contributed by atoms with Gasteiger partial charge in [-0.05, 0) is 37.5 Å². The van der Waals surface area contributed by atoms with Gasteiger partial charge in [-0.2, -0.15) is 0 Å². The number of carbonyl (C=O) groups excluding carboxylic acids is 1. The van der Waals surface area contributed by atoms with Crippen LogP contribution in [0.1, 0.15) is 25.3 Å². The van der Waals surface area contributed by atoms with Crippen LogP contribution in [0.5, 0.6) is 5.75 Å². The van der Waals surface area contributed by atoms with Gasteiger partial charge in [0.15, 0.2) is 0 Å². The molecule has 2 heterocycles. The molecule has 1 fully saturated rings. The Hall–Kier alpha value is -3.03. The number of amides is 1. The SMILES string of the molecule is CCOc1ccc(CNC(=O)[C@@H]2CCCN(c3cc(=O)n(C)c(=O)n3C)C2)cc1. The second-order valence-corrected chi connectivity index (χ2v) is 7.32. The molecule has 3 rings (SSSR count). The normalized spacial score (nSPS) is 16.5. The fourth-order valence-electron chi connectivity index (χ4n) is 3.63. The molecule has 0 spiro atoms. The first-order valence-corrected chi connectivity index (χ1v) is 9.92. The molecular weight excluding hydrogens is 372 g/mol. The summed E-state index contributed by atoms with van der Waals surface area (Å²) in [6.45, 7) is 4.20. The Morgan fingerprint density at radius 1 is 1.17 bits per heavy atom. The number of piperidine rings is 1. The maximum Gasteiger partial charge on any atom is 0.332 e. The molecule has 1 saturated heterocycles.